The summed E-state index contributed by atoms with van der Waals surface area (Å²) in [4.78, 5) is 15.4. The molecule has 0 spiro atoms. The van der Waals surface area contributed by atoms with Gasteiger partial charge < -0.3 is 9.47 Å². The SMILES string of the molecule is O=C(Cc1cccs1)N1CCn2c(cc3cc(F)ccc32)C1. The van der Waals surface area contributed by atoms with Crippen molar-refractivity contribution in [1.29, 1.82) is 0 Å². The van der Waals surface area contributed by atoms with Crippen LogP contribution in [0.5, 0.6) is 0 Å². The van der Waals surface area contributed by atoms with Gasteiger partial charge in [-0.05, 0) is 35.7 Å². The third kappa shape index (κ3) is 2.31. The Morgan fingerprint density at radius 2 is 2.14 bits per heavy atom. The Morgan fingerprint density at radius 1 is 1.23 bits per heavy atom. The lowest BCUT2D eigenvalue weighted by Gasteiger charge is -2.29. The van der Waals surface area contributed by atoms with Crippen molar-refractivity contribution in [3.63, 3.8) is 0 Å². The smallest absolute Gasteiger partial charge is 0.228 e. The first-order chi connectivity index (χ1) is 10.7. The quantitative estimate of drug-likeness (QED) is 0.711. The first kappa shape index (κ1) is 13.5. The normalized spacial score (nSPS) is 14.3. The maximum atomic E-state index is 13.3. The molecule has 5 heteroatoms. The van der Waals surface area contributed by atoms with E-state index in [4.69, 9.17) is 0 Å². The van der Waals surface area contributed by atoms with Crippen molar-refractivity contribution in [2.45, 2.75) is 19.5 Å². The van der Waals surface area contributed by atoms with Crippen LogP contribution in [0.4, 0.5) is 4.39 Å². The van der Waals surface area contributed by atoms with Gasteiger partial charge >= 0.3 is 0 Å². The lowest BCUT2D eigenvalue weighted by Crippen LogP contribution is -2.38. The number of carbonyl (C=O) groups excluding carboxylic acids is 1. The molecule has 22 heavy (non-hydrogen) atoms. The van der Waals surface area contributed by atoms with Crippen LogP contribution in [0, 0.1) is 5.82 Å². The van der Waals surface area contributed by atoms with Crippen LogP contribution < -0.4 is 0 Å². The third-order valence-corrected chi connectivity index (χ3v) is 5.03. The average Bonchev–Trinajstić information content (AvgIpc) is 3.12. The highest BCUT2D eigenvalue weighted by Gasteiger charge is 2.22. The van der Waals surface area contributed by atoms with E-state index >= 15 is 0 Å². The number of rotatable bonds is 2. The fourth-order valence-electron chi connectivity index (χ4n) is 3.08. The summed E-state index contributed by atoms with van der Waals surface area (Å²) in [6.45, 7) is 2.07. The third-order valence-electron chi connectivity index (χ3n) is 4.15. The summed E-state index contributed by atoms with van der Waals surface area (Å²) in [5.41, 5.74) is 2.12. The van der Waals surface area contributed by atoms with Gasteiger partial charge in [0, 0.05) is 34.6 Å². The number of halogens is 1. The van der Waals surface area contributed by atoms with Gasteiger partial charge in [-0.3, -0.25) is 4.79 Å². The van der Waals surface area contributed by atoms with E-state index in [-0.39, 0.29) is 11.7 Å². The largest absolute Gasteiger partial charge is 0.341 e. The predicted octanol–water partition coefficient (Wildman–Crippen LogP) is 3.43. The van der Waals surface area contributed by atoms with Crippen LogP contribution in [0.2, 0.25) is 0 Å². The summed E-state index contributed by atoms with van der Waals surface area (Å²) in [6, 6.07) is 10.8. The molecule has 1 aromatic carbocycles. The zero-order valence-electron chi connectivity index (χ0n) is 12.0. The Hall–Kier alpha value is -2.14. The molecule has 0 unspecified atom stereocenters. The van der Waals surface area contributed by atoms with Gasteiger partial charge in [0.05, 0.1) is 13.0 Å². The van der Waals surface area contributed by atoms with Crippen LogP contribution >= 0.6 is 11.3 Å². The lowest BCUT2D eigenvalue weighted by molar-refractivity contribution is -0.131. The molecule has 0 radical (unpaired) electrons. The Bertz CT molecular complexity index is 838. The van der Waals surface area contributed by atoms with E-state index in [1.165, 1.54) is 6.07 Å². The van der Waals surface area contributed by atoms with Gasteiger partial charge in [0.1, 0.15) is 5.82 Å². The molecular formula is C17H15FN2OS. The summed E-state index contributed by atoms with van der Waals surface area (Å²) in [6.07, 6.45) is 0.465. The number of aromatic nitrogens is 1. The molecule has 0 N–H and O–H groups in total. The number of carbonyl (C=O) groups is 1. The Kier molecular flexibility index (Phi) is 3.22. The minimum Gasteiger partial charge on any atom is -0.341 e. The summed E-state index contributed by atoms with van der Waals surface area (Å²) >= 11 is 1.61. The maximum Gasteiger partial charge on any atom is 0.228 e. The van der Waals surface area contributed by atoms with Crippen molar-refractivity contribution < 1.29 is 9.18 Å². The second-order valence-corrected chi connectivity index (χ2v) is 6.59. The summed E-state index contributed by atoms with van der Waals surface area (Å²) in [5.74, 6) is -0.0637. The van der Waals surface area contributed by atoms with Crippen LogP contribution in [0.15, 0.2) is 41.8 Å². The first-order valence-electron chi connectivity index (χ1n) is 7.28. The number of nitrogens with zero attached hydrogens (tertiary/aromatic N) is 2. The van der Waals surface area contributed by atoms with Gasteiger partial charge in [-0.25, -0.2) is 4.39 Å². The molecule has 1 aliphatic heterocycles. The van der Waals surface area contributed by atoms with Crippen LogP contribution in [-0.4, -0.2) is 21.9 Å². The van der Waals surface area contributed by atoms with E-state index in [0.29, 0.717) is 19.5 Å². The molecule has 0 saturated carbocycles. The van der Waals surface area contributed by atoms with Gasteiger partial charge in [0.15, 0.2) is 0 Å². The highest BCUT2D eigenvalue weighted by Crippen LogP contribution is 2.25. The molecule has 3 nitrogen and oxygen atoms in total. The van der Waals surface area contributed by atoms with Crippen molar-refractivity contribution in [3.8, 4) is 0 Å². The van der Waals surface area contributed by atoms with E-state index in [1.54, 1.807) is 17.4 Å². The van der Waals surface area contributed by atoms with Gasteiger partial charge in [-0.1, -0.05) is 6.07 Å². The second kappa shape index (κ2) is 5.25. The lowest BCUT2D eigenvalue weighted by atomic mass is 10.2. The predicted molar refractivity (Wildman–Crippen MR) is 85.3 cm³/mol. The zero-order chi connectivity index (χ0) is 15.1. The Morgan fingerprint density at radius 3 is 2.95 bits per heavy atom. The molecule has 3 heterocycles. The number of fused-ring (bicyclic) bond motifs is 3. The van der Waals surface area contributed by atoms with Crippen LogP contribution in [0.3, 0.4) is 0 Å². The zero-order valence-corrected chi connectivity index (χ0v) is 12.8. The molecule has 4 rings (SSSR count). The minimum atomic E-state index is -0.221. The monoisotopic (exact) mass is 314 g/mol. The van der Waals surface area contributed by atoms with Crippen LogP contribution in [0.25, 0.3) is 10.9 Å². The number of hydrogen-bond donors (Lipinski definition) is 0. The van der Waals surface area contributed by atoms with E-state index in [9.17, 15) is 9.18 Å². The minimum absolute atomic E-state index is 0.158. The molecule has 0 saturated heterocycles. The van der Waals surface area contributed by atoms with Crippen molar-refractivity contribution in [2.24, 2.45) is 0 Å². The molecule has 0 fully saturated rings. The van der Waals surface area contributed by atoms with Gasteiger partial charge in [-0.2, -0.15) is 0 Å². The fraction of sp³-hybridized carbons (Fsp3) is 0.235. The Labute approximate surface area is 131 Å². The molecule has 1 amide bonds. The van der Waals surface area contributed by atoms with Gasteiger partial charge in [0.25, 0.3) is 0 Å². The highest BCUT2D eigenvalue weighted by molar-refractivity contribution is 7.10. The Balaban J connectivity index is 1.58. The number of thiophene rings is 1. The molecule has 2 aromatic heterocycles. The molecule has 0 atom stereocenters. The molecular weight excluding hydrogens is 299 g/mol. The number of amides is 1. The summed E-state index contributed by atoms with van der Waals surface area (Å²) in [7, 11) is 0. The number of benzene rings is 1. The highest BCUT2D eigenvalue weighted by atomic mass is 32.1. The van der Waals surface area contributed by atoms with E-state index in [0.717, 1.165) is 28.0 Å². The average molecular weight is 314 g/mol. The first-order valence-corrected chi connectivity index (χ1v) is 8.16. The van der Waals surface area contributed by atoms with Crippen molar-refractivity contribution in [2.75, 3.05) is 6.54 Å². The molecule has 3 aromatic rings. The molecule has 0 aliphatic carbocycles. The van der Waals surface area contributed by atoms with Crippen molar-refractivity contribution in [3.05, 3.63) is 58.2 Å². The molecule has 112 valence electrons. The number of hydrogen-bond acceptors (Lipinski definition) is 2. The maximum absolute atomic E-state index is 13.3. The van der Waals surface area contributed by atoms with Crippen molar-refractivity contribution in [1.82, 2.24) is 9.47 Å². The fourth-order valence-corrected chi connectivity index (χ4v) is 3.77. The topological polar surface area (TPSA) is 25.2 Å². The van der Waals surface area contributed by atoms with E-state index < -0.39 is 0 Å². The van der Waals surface area contributed by atoms with E-state index in [1.807, 2.05) is 34.5 Å². The van der Waals surface area contributed by atoms with Gasteiger partial charge in [0.2, 0.25) is 5.91 Å². The van der Waals surface area contributed by atoms with Crippen LogP contribution in [-0.2, 0) is 24.3 Å². The van der Waals surface area contributed by atoms with E-state index in [2.05, 4.69) is 4.57 Å². The van der Waals surface area contributed by atoms with Gasteiger partial charge in [-0.15, -0.1) is 11.3 Å². The molecule has 1 aliphatic rings. The summed E-state index contributed by atoms with van der Waals surface area (Å²) < 4.78 is 15.5. The standard InChI is InChI=1S/C17H15FN2OS/c18-13-3-4-16-12(8-13)9-14-11-19(5-6-20(14)16)17(21)10-15-2-1-7-22-15/h1-4,7-9H,5-6,10-11H2. The van der Waals surface area contributed by atoms with Crippen LogP contribution in [0.1, 0.15) is 10.6 Å². The summed E-state index contributed by atoms with van der Waals surface area (Å²) in [5, 5.41) is 2.90. The molecule has 0 bridgehead atoms. The van der Waals surface area contributed by atoms with Crippen molar-refractivity contribution >= 4 is 28.1 Å². The second-order valence-electron chi connectivity index (χ2n) is 5.56.